The smallest absolute Gasteiger partial charge is 0.360 e. The summed E-state index contributed by atoms with van der Waals surface area (Å²) in [6.07, 6.45) is 2.30. The van der Waals surface area contributed by atoms with E-state index >= 15 is 0 Å². The molecule has 1 atom stereocenters. The molecule has 1 aromatic rings. The van der Waals surface area contributed by atoms with Gasteiger partial charge in [0.15, 0.2) is 5.69 Å². The van der Waals surface area contributed by atoms with E-state index in [1.807, 2.05) is 20.8 Å². The van der Waals surface area contributed by atoms with E-state index in [1.54, 1.807) is 4.68 Å². The van der Waals surface area contributed by atoms with Gasteiger partial charge >= 0.3 is 5.97 Å². The number of nitrogens with zero attached hydrogens (tertiary/aromatic N) is 3. The maximum atomic E-state index is 11.9. The lowest BCUT2D eigenvalue weighted by Gasteiger charge is -2.10. The summed E-state index contributed by atoms with van der Waals surface area (Å²) in [6, 6.07) is 0. The van der Waals surface area contributed by atoms with Crippen LogP contribution in [0.3, 0.4) is 0 Å². The van der Waals surface area contributed by atoms with Crippen LogP contribution in [0.4, 0.5) is 0 Å². The largest absolute Gasteiger partial charge is 0.461 e. The minimum atomic E-state index is -0.374. The van der Waals surface area contributed by atoms with Gasteiger partial charge in [-0.3, -0.25) is 0 Å². The van der Waals surface area contributed by atoms with Gasteiger partial charge in [0.25, 0.3) is 0 Å². The Morgan fingerprint density at radius 2 is 2.05 bits per heavy atom. The lowest BCUT2D eigenvalue weighted by molar-refractivity contribution is 0.0451. The fourth-order valence-electron chi connectivity index (χ4n) is 1.91. The van der Waals surface area contributed by atoms with Crippen molar-refractivity contribution in [3.8, 4) is 0 Å². The highest BCUT2D eigenvalue weighted by molar-refractivity contribution is 5.88. The van der Waals surface area contributed by atoms with Crippen LogP contribution in [0.5, 0.6) is 0 Å². The number of esters is 1. The Labute approximate surface area is 115 Å². The van der Waals surface area contributed by atoms with Crippen molar-refractivity contribution in [2.75, 3.05) is 6.61 Å². The second-order valence-electron chi connectivity index (χ2n) is 5.59. The van der Waals surface area contributed by atoms with Gasteiger partial charge in [-0.25, -0.2) is 9.48 Å². The molecule has 1 heterocycles. The molecule has 19 heavy (non-hydrogen) atoms. The molecule has 0 bridgehead atoms. The van der Waals surface area contributed by atoms with Crippen LogP contribution in [0.1, 0.15) is 56.7 Å². The van der Waals surface area contributed by atoms with Crippen LogP contribution in [-0.4, -0.2) is 27.6 Å². The van der Waals surface area contributed by atoms with Crippen LogP contribution < -0.4 is 0 Å². The van der Waals surface area contributed by atoms with Gasteiger partial charge in [0.2, 0.25) is 0 Å². The Balaban J connectivity index is 2.67. The highest BCUT2D eigenvalue weighted by atomic mass is 16.5. The zero-order valence-electron chi connectivity index (χ0n) is 12.6. The number of ether oxygens (including phenoxy) is 1. The van der Waals surface area contributed by atoms with E-state index in [4.69, 9.17) is 4.74 Å². The van der Waals surface area contributed by atoms with E-state index in [-0.39, 0.29) is 5.97 Å². The van der Waals surface area contributed by atoms with Crippen LogP contribution in [-0.2, 0) is 11.3 Å². The van der Waals surface area contributed by atoms with E-state index in [0.717, 1.165) is 25.1 Å². The third-order valence-electron chi connectivity index (χ3n) is 2.99. The predicted molar refractivity (Wildman–Crippen MR) is 74.0 cm³/mol. The number of aromatic nitrogens is 3. The van der Waals surface area contributed by atoms with Crippen molar-refractivity contribution in [1.82, 2.24) is 15.0 Å². The number of rotatable bonds is 7. The molecule has 0 saturated heterocycles. The first kappa shape index (κ1) is 15.7. The first-order chi connectivity index (χ1) is 8.95. The molecule has 1 aromatic heterocycles. The van der Waals surface area contributed by atoms with Crippen molar-refractivity contribution >= 4 is 5.97 Å². The summed E-state index contributed by atoms with van der Waals surface area (Å²) in [5.41, 5.74) is 1.13. The zero-order valence-corrected chi connectivity index (χ0v) is 12.6. The van der Waals surface area contributed by atoms with E-state index in [9.17, 15) is 4.79 Å². The van der Waals surface area contributed by atoms with Crippen LogP contribution in [0.15, 0.2) is 0 Å². The molecule has 108 valence electrons. The zero-order chi connectivity index (χ0) is 14.4. The monoisotopic (exact) mass is 267 g/mol. The van der Waals surface area contributed by atoms with Crippen molar-refractivity contribution in [1.29, 1.82) is 0 Å². The number of hydrogen-bond donors (Lipinski definition) is 0. The molecule has 0 spiro atoms. The Morgan fingerprint density at radius 1 is 1.37 bits per heavy atom. The first-order valence-electron chi connectivity index (χ1n) is 7.02. The SMILES string of the molecule is CCCC(C)Cn1nnc(C(=O)OCC(C)C)c1C. The maximum absolute atomic E-state index is 11.9. The standard InChI is InChI=1S/C14H25N3O2/c1-6-7-11(4)8-17-12(5)13(15-16-17)14(18)19-9-10(2)3/h10-11H,6-9H2,1-5H3. The molecule has 5 nitrogen and oxygen atoms in total. The fourth-order valence-corrected chi connectivity index (χ4v) is 1.91. The molecular weight excluding hydrogens is 242 g/mol. The van der Waals surface area contributed by atoms with Crippen LogP contribution >= 0.6 is 0 Å². The quantitative estimate of drug-likeness (QED) is 0.713. The fraction of sp³-hybridized carbons (Fsp3) is 0.786. The van der Waals surface area contributed by atoms with Crippen molar-refractivity contribution < 1.29 is 9.53 Å². The summed E-state index contributed by atoms with van der Waals surface area (Å²) in [6.45, 7) is 11.4. The summed E-state index contributed by atoms with van der Waals surface area (Å²) < 4.78 is 6.98. The third-order valence-corrected chi connectivity index (χ3v) is 2.99. The van der Waals surface area contributed by atoms with Gasteiger partial charge in [-0.1, -0.05) is 39.3 Å². The highest BCUT2D eigenvalue weighted by Crippen LogP contribution is 2.12. The minimum absolute atomic E-state index is 0.323. The molecule has 0 N–H and O–H groups in total. The molecule has 5 heteroatoms. The van der Waals surface area contributed by atoms with Crippen molar-refractivity contribution in [3.63, 3.8) is 0 Å². The van der Waals surface area contributed by atoms with E-state index in [2.05, 4.69) is 24.2 Å². The molecule has 0 aliphatic rings. The highest BCUT2D eigenvalue weighted by Gasteiger charge is 2.19. The molecule has 0 aliphatic heterocycles. The maximum Gasteiger partial charge on any atom is 0.360 e. The van der Waals surface area contributed by atoms with E-state index in [1.165, 1.54) is 0 Å². The number of hydrogen-bond acceptors (Lipinski definition) is 4. The van der Waals surface area contributed by atoms with Gasteiger partial charge in [-0.2, -0.15) is 0 Å². The topological polar surface area (TPSA) is 57.0 Å². The summed E-state index contributed by atoms with van der Waals surface area (Å²) in [5, 5.41) is 8.00. The summed E-state index contributed by atoms with van der Waals surface area (Å²) >= 11 is 0. The van der Waals surface area contributed by atoms with Gasteiger partial charge in [0.05, 0.1) is 12.3 Å². The molecule has 1 rings (SSSR count). The van der Waals surface area contributed by atoms with E-state index < -0.39 is 0 Å². The predicted octanol–water partition coefficient (Wildman–Crippen LogP) is 2.84. The Hall–Kier alpha value is -1.39. The van der Waals surface area contributed by atoms with Gasteiger partial charge in [0, 0.05) is 6.54 Å². The molecule has 0 aromatic carbocycles. The first-order valence-corrected chi connectivity index (χ1v) is 7.02. The second kappa shape index (κ2) is 7.26. The van der Waals surface area contributed by atoms with Gasteiger partial charge < -0.3 is 4.74 Å². The Kier molecular flexibility index (Phi) is 5.99. The normalized spacial score (nSPS) is 12.7. The second-order valence-corrected chi connectivity index (χ2v) is 5.59. The molecule has 0 saturated carbocycles. The third kappa shape index (κ3) is 4.65. The lowest BCUT2D eigenvalue weighted by Crippen LogP contribution is -2.13. The summed E-state index contributed by atoms with van der Waals surface area (Å²) in [7, 11) is 0. The van der Waals surface area contributed by atoms with Crippen LogP contribution in [0.2, 0.25) is 0 Å². The average molecular weight is 267 g/mol. The van der Waals surface area contributed by atoms with Gasteiger partial charge in [-0.15, -0.1) is 5.10 Å². The summed E-state index contributed by atoms with van der Waals surface area (Å²) in [4.78, 5) is 11.9. The van der Waals surface area contributed by atoms with Gasteiger partial charge in [0.1, 0.15) is 0 Å². The molecule has 0 aliphatic carbocycles. The Morgan fingerprint density at radius 3 is 2.63 bits per heavy atom. The average Bonchev–Trinajstić information content (AvgIpc) is 2.68. The lowest BCUT2D eigenvalue weighted by atomic mass is 10.1. The van der Waals surface area contributed by atoms with Gasteiger partial charge in [-0.05, 0) is 25.2 Å². The van der Waals surface area contributed by atoms with Crippen LogP contribution in [0.25, 0.3) is 0 Å². The molecule has 0 radical (unpaired) electrons. The van der Waals surface area contributed by atoms with Crippen molar-refractivity contribution in [2.24, 2.45) is 11.8 Å². The Bertz CT molecular complexity index is 413. The number of carbonyl (C=O) groups is 1. The van der Waals surface area contributed by atoms with E-state index in [0.29, 0.717) is 24.1 Å². The molecule has 0 fully saturated rings. The number of carbonyl (C=O) groups excluding carboxylic acids is 1. The van der Waals surface area contributed by atoms with Crippen molar-refractivity contribution in [2.45, 2.75) is 54.0 Å². The summed E-state index contributed by atoms with van der Waals surface area (Å²) in [5.74, 6) is 0.481. The minimum Gasteiger partial charge on any atom is -0.461 e. The molecule has 1 unspecified atom stereocenters. The molecular formula is C14H25N3O2. The van der Waals surface area contributed by atoms with Crippen molar-refractivity contribution in [3.05, 3.63) is 11.4 Å². The van der Waals surface area contributed by atoms with Crippen LogP contribution in [0, 0.1) is 18.8 Å². The molecule has 0 amide bonds.